The van der Waals surface area contributed by atoms with Crippen LogP contribution in [0.2, 0.25) is 0 Å². The van der Waals surface area contributed by atoms with Crippen LogP contribution in [0, 0.1) is 6.92 Å². The number of carbonyl (C=O) groups is 1. The van der Waals surface area contributed by atoms with Crippen LogP contribution < -0.4 is 10.6 Å². The van der Waals surface area contributed by atoms with Crippen molar-refractivity contribution in [1.82, 2.24) is 0 Å². The Hall–Kier alpha value is -2.13. The molecule has 1 amide bonds. The first-order valence-electron chi connectivity index (χ1n) is 7.33. The lowest BCUT2D eigenvalue weighted by atomic mass is 9.97. The summed E-state index contributed by atoms with van der Waals surface area (Å²) in [6, 6.07) is 16.1. The number of anilines is 1. The van der Waals surface area contributed by atoms with Crippen molar-refractivity contribution in [2.45, 2.75) is 25.8 Å². The predicted molar refractivity (Wildman–Crippen MR) is 85.4 cm³/mol. The number of hydrogen-bond acceptors (Lipinski definition) is 2. The Kier molecular flexibility index (Phi) is 3.76. The number of benzene rings is 2. The van der Waals surface area contributed by atoms with Gasteiger partial charge >= 0.3 is 0 Å². The first-order valence-corrected chi connectivity index (χ1v) is 7.33. The van der Waals surface area contributed by atoms with Crippen molar-refractivity contribution in [3.8, 4) is 0 Å². The average molecular weight is 280 g/mol. The van der Waals surface area contributed by atoms with Crippen LogP contribution >= 0.6 is 0 Å². The summed E-state index contributed by atoms with van der Waals surface area (Å²) in [5.41, 5.74) is 10.5. The molecule has 0 aliphatic carbocycles. The van der Waals surface area contributed by atoms with Crippen LogP contribution in [0.3, 0.4) is 0 Å². The molecule has 0 fully saturated rings. The van der Waals surface area contributed by atoms with Crippen molar-refractivity contribution in [2.24, 2.45) is 5.73 Å². The van der Waals surface area contributed by atoms with Crippen molar-refractivity contribution in [2.75, 3.05) is 11.4 Å². The zero-order chi connectivity index (χ0) is 14.8. The van der Waals surface area contributed by atoms with Crippen LogP contribution in [-0.2, 0) is 17.6 Å². The van der Waals surface area contributed by atoms with Crippen LogP contribution in [-0.4, -0.2) is 18.5 Å². The first-order chi connectivity index (χ1) is 10.1. The van der Waals surface area contributed by atoms with Crippen molar-refractivity contribution in [3.05, 3.63) is 65.2 Å². The number of fused-ring (bicyclic) bond motifs is 1. The number of carbonyl (C=O) groups excluding carboxylic acids is 1. The van der Waals surface area contributed by atoms with Gasteiger partial charge in [-0.15, -0.1) is 0 Å². The molecule has 1 aliphatic rings. The number of nitrogens with zero attached hydrogens (tertiary/aromatic N) is 1. The smallest absolute Gasteiger partial charge is 0.231 e. The van der Waals surface area contributed by atoms with E-state index in [-0.39, 0.29) is 11.9 Å². The average Bonchev–Trinajstić information content (AvgIpc) is 2.48. The minimum absolute atomic E-state index is 0.0146. The second kappa shape index (κ2) is 5.70. The third kappa shape index (κ3) is 2.83. The largest absolute Gasteiger partial charge is 0.326 e. The van der Waals surface area contributed by atoms with E-state index in [0.29, 0.717) is 13.0 Å². The molecule has 3 heteroatoms. The van der Waals surface area contributed by atoms with Gasteiger partial charge in [-0.25, -0.2) is 0 Å². The molecule has 2 aromatic carbocycles. The highest BCUT2D eigenvalue weighted by molar-refractivity contribution is 5.96. The molecule has 0 saturated heterocycles. The highest BCUT2D eigenvalue weighted by Gasteiger charge is 2.26. The molecule has 2 aromatic rings. The minimum atomic E-state index is 0.0146. The first kappa shape index (κ1) is 13.8. The van der Waals surface area contributed by atoms with Gasteiger partial charge < -0.3 is 10.6 Å². The molecule has 108 valence electrons. The number of para-hydroxylation sites is 1. The second-order valence-corrected chi connectivity index (χ2v) is 5.70. The lowest BCUT2D eigenvalue weighted by Gasteiger charge is -2.33. The Bertz CT molecular complexity index is 666. The van der Waals surface area contributed by atoms with Gasteiger partial charge in [-0.3, -0.25) is 4.79 Å². The lowest BCUT2D eigenvalue weighted by Crippen LogP contribution is -2.46. The van der Waals surface area contributed by atoms with Gasteiger partial charge in [-0.2, -0.15) is 0 Å². The zero-order valence-electron chi connectivity index (χ0n) is 12.3. The summed E-state index contributed by atoms with van der Waals surface area (Å²) in [4.78, 5) is 14.5. The van der Waals surface area contributed by atoms with E-state index in [4.69, 9.17) is 5.73 Å². The van der Waals surface area contributed by atoms with Crippen LogP contribution in [0.15, 0.2) is 48.5 Å². The maximum atomic E-state index is 12.7. The molecule has 1 heterocycles. The monoisotopic (exact) mass is 280 g/mol. The summed E-state index contributed by atoms with van der Waals surface area (Å²) < 4.78 is 0. The molecule has 0 bridgehead atoms. The number of rotatable bonds is 2. The fourth-order valence-corrected chi connectivity index (χ4v) is 2.93. The Morgan fingerprint density at radius 3 is 2.71 bits per heavy atom. The van der Waals surface area contributed by atoms with Crippen LogP contribution in [0.4, 0.5) is 5.69 Å². The quantitative estimate of drug-likeness (QED) is 0.918. The summed E-state index contributed by atoms with van der Waals surface area (Å²) in [6.45, 7) is 2.64. The fraction of sp³-hybridized carbons (Fsp3) is 0.278. The highest BCUT2D eigenvalue weighted by Crippen LogP contribution is 2.27. The van der Waals surface area contributed by atoms with Crippen molar-refractivity contribution in [1.29, 1.82) is 0 Å². The van der Waals surface area contributed by atoms with E-state index >= 15 is 0 Å². The molecule has 0 saturated carbocycles. The van der Waals surface area contributed by atoms with E-state index in [1.807, 2.05) is 54.3 Å². The van der Waals surface area contributed by atoms with Gasteiger partial charge in [0.05, 0.1) is 6.42 Å². The van der Waals surface area contributed by atoms with Crippen molar-refractivity contribution >= 4 is 11.6 Å². The zero-order valence-corrected chi connectivity index (χ0v) is 12.3. The molecular weight excluding hydrogens is 260 g/mol. The molecule has 0 aromatic heterocycles. The summed E-state index contributed by atoms with van der Waals surface area (Å²) in [6.07, 6.45) is 1.26. The molecule has 3 nitrogen and oxygen atoms in total. The Labute approximate surface area is 125 Å². The van der Waals surface area contributed by atoms with E-state index in [0.717, 1.165) is 28.8 Å². The SMILES string of the molecule is Cc1ccccc1CC(=O)N1CC(N)Cc2ccccc21. The third-order valence-corrected chi connectivity index (χ3v) is 4.09. The van der Waals surface area contributed by atoms with Gasteiger partial charge in [-0.05, 0) is 36.1 Å². The predicted octanol–water partition coefficient (Wildman–Crippen LogP) is 2.45. The van der Waals surface area contributed by atoms with E-state index in [1.54, 1.807) is 0 Å². The lowest BCUT2D eigenvalue weighted by molar-refractivity contribution is -0.118. The van der Waals surface area contributed by atoms with Gasteiger partial charge in [-0.1, -0.05) is 42.5 Å². The molecule has 1 unspecified atom stereocenters. The Morgan fingerprint density at radius 2 is 1.90 bits per heavy atom. The number of amides is 1. The van der Waals surface area contributed by atoms with Crippen LogP contribution in [0.5, 0.6) is 0 Å². The maximum absolute atomic E-state index is 12.7. The van der Waals surface area contributed by atoms with Gasteiger partial charge in [0.25, 0.3) is 0 Å². The summed E-state index contributed by atoms with van der Waals surface area (Å²) in [5, 5.41) is 0. The number of nitrogens with two attached hydrogens (primary N) is 1. The molecule has 1 aliphatic heterocycles. The third-order valence-electron chi connectivity index (χ3n) is 4.09. The van der Waals surface area contributed by atoms with Gasteiger partial charge in [0, 0.05) is 18.3 Å². The summed E-state index contributed by atoms with van der Waals surface area (Å²) >= 11 is 0. The number of hydrogen-bond donors (Lipinski definition) is 1. The molecular formula is C18H20N2O. The van der Waals surface area contributed by atoms with E-state index in [1.165, 1.54) is 0 Å². The van der Waals surface area contributed by atoms with Crippen molar-refractivity contribution < 1.29 is 4.79 Å². The van der Waals surface area contributed by atoms with E-state index in [2.05, 4.69) is 6.07 Å². The normalized spacial score (nSPS) is 17.4. The molecule has 21 heavy (non-hydrogen) atoms. The molecule has 2 N–H and O–H groups in total. The Morgan fingerprint density at radius 1 is 1.19 bits per heavy atom. The maximum Gasteiger partial charge on any atom is 0.231 e. The van der Waals surface area contributed by atoms with Gasteiger partial charge in [0.1, 0.15) is 0 Å². The molecule has 0 spiro atoms. The minimum Gasteiger partial charge on any atom is -0.326 e. The van der Waals surface area contributed by atoms with Gasteiger partial charge in [0.2, 0.25) is 5.91 Å². The topological polar surface area (TPSA) is 46.3 Å². The second-order valence-electron chi connectivity index (χ2n) is 5.70. The molecule has 3 rings (SSSR count). The Balaban J connectivity index is 1.87. The molecule has 1 atom stereocenters. The van der Waals surface area contributed by atoms with Crippen LogP contribution in [0.1, 0.15) is 16.7 Å². The van der Waals surface area contributed by atoms with Crippen molar-refractivity contribution in [3.63, 3.8) is 0 Å². The van der Waals surface area contributed by atoms with E-state index < -0.39 is 0 Å². The summed E-state index contributed by atoms with van der Waals surface area (Å²) in [7, 11) is 0. The molecule has 0 radical (unpaired) electrons. The van der Waals surface area contributed by atoms with Crippen LogP contribution in [0.25, 0.3) is 0 Å². The highest BCUT2D eigenvalue weighted by atomic mass is 16.2. The summed E-state index contributed by atoms with van der Waals surface area (Å²) in [5.74, 6) is 0.118. The number of aryl methyl sites for hydroxylation is 1. The van der Waals surface area contributed by atoms with Gasteiger partial charge in [0.15, 0.2) is 0 Å². The van der Waals surface area contributed by atoms with E-state index in [9.17, 15) is 4.79 Å². The standard InChI is InChI=1S/C18H20N2O/c1-13-6-2-3-7-14(13)11-18(21)20-12-16(19)10-15-8-4-5-9-17(15)20/h2-9,16H,10-12,19H2,1H3. The fourth-order valence-electron chi connectivity index (χ4n) is 2.93.